The lowest BCUT2D eigenvalue weighted by atomic mass is 9.75. The van der Waals surface area contributed by atoms with Crippen molar-refractivity contribution in [3.8, 4) is 0 Å². The molecule has 0 heterocycles. The maximum atomic E-state index is 9.08. The van der Waals surface area contributed by atoms with Gasteiger partial charge in [0.2, 0.25) is 0 Å². The van der Waals surface area contributed by atoms with E-state index in [1.807, 2.05) is 0 Å². The van der Waals surface area contributed by atoms with E-state index in [1.54, 1.807) is 18.2 Å². The van der Waals surface area contributed by atoms with E-state index in [-0.39, 0.29) is 0 Å². The highest BCUT2D eigenvalue weighted by Crippen LogP contribution is 2.20. The minimum atomic E-state index is -1.53. The molecule has 0 saturated heterocycles. The van der Waals surface area contributed by atoms with Gasteiger partial charge in [0.25, 0.3) is 0 Å². The van der Waals surface area contributed by atoms with Crippen LogP contribution in [0, 0.1) is 0 Å². The van der Waals surface area contributed by atoms with E-state index < -0.39 is 7.12 Å². The predicted octanol–water partition coefficient (Wildman–Crippen LogP) is 1.31. The summed E-state index contributed by atoms with van der Waals surface area (Å²) in [5.74, 6) is 0. The van der Waals surface area contributed by atoms with Gasteiger partial charge in [-0.3, -0.25) is 0 Å². The fraction of sp³-hybridized carbons (Fsp3) is 0. The number of hydrogen-bond acceptors (Lipinski definition) is 2. The van der Waals surface area contributed by atoms with E-state index in [9.17, 15) is 0 Å². The van der Waals surface area contributed by atoms with Gasteiger partial charge in [-0.05, 0) is 22.7 Å². The second-order valence-electron chi connectivity index (χ2n) is 2.75. The first kappa shape index (κ1) is 11.1. The molecule has 0 aromatic heterocycles. The van der Waals surface area contributed by atoms with Crippen LogP contribution in [0.5, 0.6) is 0 Å². The Balaban J connectivity index is 3.48. The van der Waals surface area contributed by atoms with E-state index in [1.165, 1.54) is 6.08 Å². The zero-order valence-corrected chi connectivity index (χ0v) is 8.33. The minimum Gasteiger partial charge on any atom is -0.423 e. The molecule has 0 atom stereocenters. The first-order valence-electron chi connectivity index (χ1n) is 4.05. The van der Waals surface area contributed by atoms with Crippen molar-refractivity contribution in [3.63, 3.8) is 0 Å². The number of benzene rings is 1. The van der Waals surface area contributed by atoms with Gasteiger partial charge in [-0.2, -0.15) is 0 Å². The maximum absolute atomic E-state index is 9.08. The molecule has 0 fully saturated rings. The van der Waals surface area contributed by atoms with Crippen LogP contribution in [0.4, 0.5) is 0 Å². The normalized spacial score (nSPS) is 9.64. The molecule has 72 valence electrons. The van der Waals surface area contributed by atoms with E-state index in [0.29, 0.717) is 21.6 Å². The molecule has 1 aromatic carbocycles. The van der Waals surface area contributed by atoms with Crippen molar-refractivity contribution in [1.29, 1.82) is 0 Å². The molecule has 2 N–H and O–H groups in total. The number of rotatable bonds is 3. The van der Waals surface area contributed by atoms with Crippen molar-refractivity contribution in [1.82, 2.24) is 0 Å². The molecule has 2 nitrogen and oxygen atoms in total. The SMILES string of the molecule is C=Cc1c(Cl)ccc(B(O)O)c1C=C. The lowest BCUT2D eigenvalue weighted by molar-refractivity contribution is 0.425. The zero-order valence-electron chi connectivity index (χ0n) is 7.57. The third-order valence-electron chi connectivity index (χ3n) is 1.95. The Morgan fingerprint density at radius 1 is 1.14 bits per heavy atom. The molecule has 0 aliphatic heterocycles. The van der Waals surface area contributed by atoms with Crippen LogP contribution in [0.15, 0.2) is 25.3 Å². The quantitative estimate of drug-likeness (QED) is 0.735. The van der Waals surface area contributed by atoms with E-state index in [0.717, 1.165) is 0 Å². The van der Waals surface area contributed by atoms with Crippen molar-refractivity contribution in [2.24, 2.45) is 0 Å². The van der Waals surface area contributed by atoms with Crippen LogP contribution in [0.2, 0.25) is 5.02 Å². The summed E-state index contributed by atoms with van der Waals surface area (Å²) in [7, 11) is -1.53. The van der Waals surface area contributed by atoms with Gasteiger partial charge in [-0.25, -0.2) is 0 Å². The molecule has 0 unspecified atom stereocenters. The fourth-order valence-corrected chi connectivity index (χ4v) is 1.53. The molecule has 0 saturated carbocycles. The smallest absolute Gasteiger partial charge is 0.423 e. The van der Waals surface area contributed by atoms with Gasteiger partial charge < -0.3 is 10.0 Å². The Morgan fingerprint density at radius 2 is 1.71 bits per heavy atom. The van der Waals surface area contributed by atoms with Gasteiger partial charge in [0, 0.05) is 5.02 Å². The minimum absolute atomic E-state index is 0.374. The lowest BCUT2D eigenvalue weighted by Gasteiger charge is -2.09. The van der Waals surface area contributed by atoms with Crippen LogP contribution in [0.25, 0.3) is 12.2 Å². The van der Waals surface area contributed by atoms with Gasteiger partial charge in [-0.1, -0.05) is 43.0 Å². The Bertz CT molecular complexity index is 375. The molecule has 14 heavy (non-hydrogen) atoms. The first-order valence-corrected chi connectivity index (χ1v) is 4.43. The van der Waals surface area contributed by atoms with Crippen molar-refractivity contribution in [3.05, 3.63) is 41.4 Å². The summed E-state index contributed by atoms with van der Waals surface area (Å²) in [6.45, 7) is 7.20. The van der Waals surface area contributed by atoms with Crippen LogP contribution >= 0.6 is 11.6 Å². The molecular weight excluding hydrogens is 198 g/mol. The Kier molecular flexibility index (Phi) is 3.52. The molecule has 0 aliphatic carbocycles. The van der Waals surface area contributed by atoms with E-state index in [2.05, 4.69) is 13.2 Å². The van der Waals surface area contributed by atoms with Gasteiger partial charge in [0.05, 0.1) is 0 Å². The maximum Gasteiger partial charge on any atom is 0.489 e. The summed E-state index contributed by atoms with van der Waals surface area (Å²) in [4.78, 5) is 0. The van der Waals surface area contributed by atoms with Crippen LogP contribution in [0.3, 0.4) is 0 Å². The lowest BCUT2D eigenvalue weighted by Crippen LogP contribution is -2.32. The third kappa shape index (κ3) is 1.90. The highest BCUT2D eigenvalue weighted by Gasteiger charge is 2.17. The average Bonchev–Trinajstić information content (AvgIpc) is 2.16. The van der Waals surface area contributed by atoms with Crippen molar-refractivity contribution < 1.29 is 10.0 Å². The standard InChI is InChI=1S/C10H10BClO2/c1-3-7-8(4-2)10(12)6-5-9(7)11(13)14/h3-6,13-14H,1-2H2. The molecule has 1 rings (SSSR count). The molecule has 4 heteroatoms. The second-order valence-corrected chi connectivity index (χ2v) is 3.15. The highest BCUT2D eigenvalue weighted by atomic mass is 35.5. The van der Waals surface area contributed by atoms with Crippen LogP contribution < -0.4 is 5.46 Å². The molecule has 0 spiro atoms. The molecule has 0 radical (unpaired) electrons. The van der Waals surface area contributed by atoms with Crippen LogP contribution in [-0.2, 0) is 0 Å². The summed E-state index contributed by atoms with van der Waals surface area (Å²) in [5.41, 5.74) is 1.63. The van der Waals surface area contributed by atoms with Gasteiger partial charge in [0.15, 0.2) is 0 Å². The Labute approximate surface area is 88.3 Å². The third-order valence-corrected chi connectivity index (χ3v) is 2.28. The van der Waals surface area contributed by atoms with Crippen molar-refractivity contribution in [2.45, 2.75) is 0 Å². The van der Waals surface area contributed by atoms with Gasteiger partial charge in [0.1, 0.15) is 0 Å². The van der Waals surface area contributed by atoms with Crippen molar-refractivity contribution >= 4 is 36.3 Å². The van der Waals surface area contributed by atoms with Crippen LogP contribution in [0.1, 0.15) is 11.1 Å². The second kappa shape index (κ2) is 4.46. The Morgan fingerprint density at radius 3 is 2.14 bits per heavy atom. The summed E-state index contributed by atoms with van der Waals surface area (Å²) >= 11 is 5.90. The molecule has 0 bridgehead atoms. The summed E-state index contributed by atoms with van der Waals surface area (Å²) < 4.78 is 0. The van der Waals surface area contributed by atoms with Crippen molar-refractivity contribution in [2.75, 3.05) is 0 Å². The van der Waals surface area contributed by atoms with Gasteiger partial charge >= 0.3 is 7.12 Å². The summed E-state index contributed by atoms with van der Waals surface area (Å²) in [6, 6.07) is 3.15. The first-order chi connectivity index (χ1) is 6.61. The average molecular weight is 208 g/mol. The number of hydrogen-bond donors (Lipinski definition) is 2. The summed E-state index contributed by atoms with van der Waals surface area (Å²) in [6.07, 6.45) is 3.09. The Hall–Kier alpha value is -1.03. The summed E-state index contributed by atoms with van der Waals surface area (Å²) in [5, 5.41) is 18.7. The largest absolute Gasteiger partial charge is 0.489 e. The highest BCUT2D eigenvalue weighted by molar-refractivity contribution is 6.60. The zero-order chi connectivity index (χ0) is 10.7. The van der Waals surface area contributed by atoms with Crippen LogP contribution in [-0.4, -0.2) is 17.2 Å². The predicted molar refractivity (Wildman–Crippen MR) is 61.5 cm³/mol. The fourth-order valence-electron chi connectivity index (χ4n) is 1.29. The molecule has 1 aromatic rings. The molecule has 0 amide bonds. The molecular formula is C10H10BClO2. The van der Waals surface area contributed by atoms with E-state index in [4.69, 9.17) is 21.6 Å². The van der Waals surface area contributed by atoms with E-state index >= 15 is 0 Å². The van der Waals surface area contributed by atoms with Gasteiger partial charge in [-0.15, -0.1) is 0 Å². The monoisotopic (exact) mass is 208 g/mol. The number of halogens is 1. The topological polar surface area (TPSA) is 40.5 Å². The molecule has 0 aliphatic rings.